The van der Waals surface area contributed by atoms with Crippen LogP contribution in [0.5, 0.6) is 5.88 Å². The van der Waals surface area contributed by atoms with E-state index in [1.54, 1.807) is 23.0 Å². The molecule has 0 aliphatic heterocycles. The second-order valence-corrected chi connectivity index (χ2v) is 3.81. The maximum absolute atomic E-state index is 11.2. The Balaban J connectivity index is 2.30. The van der Waals surface area contributed by atoms with Gasteiger partial charge in [0.05, 0.1) is 12.8 Å². The number of hydrogen-bond donors (Lipinski definition) is 2. The largest absolute Gasteiger partial charge is 0.477 e. The van der Waals surface area contributed by atoms with Crippen LogP contribution in [0.15, 0.2) is 24.4 Å². The number of nitrogens with two attached hydrogens (primary N) is 1. The first-order valence-electron chi connectivity index (χ1n) is 5.80. The van der Waals surface area contributed by atoms with E-state index in [0.717, 1.165) is 5.82 Å². The summed E-state index contributed by atoms with van der Waals surface area (Å²) < 4.78 is 6.98. The van der Waals surface area contributed by atoms with Crippen molar-refractivity contribution in [1.29, 1.82) is 0 Å². The molecule has 0 aliphatic rings. The van der Waals surface area contributed by atoms with Crippen LogP contribution in [0, 0.1) is 0 Å². The highest BCUT2D eigenvalue weighted by molar-refractivity contribution is 5.95. The van der Waals surface area contributed by atoms with Crippen LogP contribution in [-0.4, -0.2) is 27.3 Å². The van der Waals surface area contributed by atoms with Crippen molar-refractivity contribution in [2.45, 2.75) is 6.92 Å². The van der Waals surface area contributed by atoms with Gasteiger partial charge in [-0.25, -0.2) is 0 Å². The van der Waals surface area contributed by atoms with E-state index in [2.05, 4.69) is 15.4 Å². The number of carbonyl (C=O) groups is 1. The molecule has 0 fully saturated rings. The Morgan fingerprint density at radius 1 is 1.47 bits per heavy atom. The zero-order valence-corrected chi connectivity index (χ0v) is 10.8. The van der Waals surface area contributed by atoms with Crippen LogP contribution >= 0.6 is 0 Å². The first-order valence-corrected chi connectivity index (χ1v) is 5.80. The molecule has 3 N–H and O–H groups in total. The smallest absolute Gasteiger partial charge is 0.254 e. The van der Waals surface area contributed by atoms with Gasteiger partial charge < -0.3 is 15.8 Å². The van der Waals surface area contributed by atoms with Crippen molar-refractivity contribution < 1.29 is 9.53 Å². The fourth-order valence-electron chi connectivity index (χ4n) is 1.57. The summed E-state index contributed by atoms with van der Waals surface area (Å²) >= 11 is 0. The van der Waals surface area contributed by atoms with Gasteiger partial charge >= 0.3 is 0 Å². The molecule has 7 heteroatoms. The molecule has 100 valence electrons. The fraction of sp³-hybridized carbons (Fsp3) is 0.250. The summed E-state index contributed by atoms with van der Waals surface area (Å²) in [5, 5.41) is 7.11. The number of nitrogens with zero attached hydrogens (tertiary/aromatic N) is 3. The van der Waals surface area contributed by atoms with Crippen molar-refractivity contribution in [3.05, 3.63) is 30.0 Å². The molecule has 0 radical (unpaired) electrons. The Kier molecular flexibility index (Phi) is 3.65. The van der Waals surface area contributed by atoms with Gasteiger partial charge in [-0.2, -0.15) is 10.1 Å². The maximum Gasteiger partial charge on any atom is 0.254 e. The third-order valence-electron chi connectivity index (χ3n) is 2.48. The molecule has 19 heavy (non-hydrogen) atoms. The maximum atomic E-state index is 11.2. The average Bonchev–Trinajstić information content (AvgIpc) is 2.75. The van der Waals surface area contributed by atoms with Crippen LogP contribution < -0.4 is 15.8 Å². The lowest BCUT2D eigenvalue weighted by Crippen LogP contribution is -2.14. The number of ether oxygens (including phenoxy) is 1. The molecule has 0 bridgehead atoms. The Hall–Kier alpha value is -2.57. The highest BCUT2D eigenvalue weighted by atomic mass is 16.5. The van der Waals surface area contributed by atoms with Gasteiger partial charge in [0.1, 0.15) is 17.2 Å². The van der Waals surface area contributed by atoms with Crippen LogP contribution in [0.3, 0.4) is 0 Å². The second-order valence-electron chi connectivity index (χ2n) is 3.81. The number of aromatic nitrogens is 3. The van der Waals surface area contributed by atoms with E-state index in [4.69, 9.17) is 10.5 Å². The number of hydrogen-bond acceptors (Lipinski definition) is 5. The molecule has 0 aliphatic carbocycles. The monoisotopic (exact) mass is 261 g/mol. The molecule has 0 saturated heterocycles. The van der Waals surface area contributed by atoms with Gasteiger partial charge in [0.2, 0.25) is 5.88 Å². The van der Waals surface area contributed by atoms with Crippen molar-refractivity contribution in [3.8, 4) is 5.88 Å². The minimum absolute atomic E-state index is 0.224. The standard InChI is InChI=1S/C12H15N5O2/c1-3-19-12-8(11(13)18)4-5-9(16-12)15-10-6-7-14-17(10)2/h4-7H,3H2,1-2H3,(H2,13,18)(H,15,16). The molecule has 0 saturated carbocycles. The van der Waals surface area contributed by atoms with Crippen LogP contribution in [0.2, 0.25) is 0 Å². The first kappa shape index (κ1) is 12.9. The lowest BCUT2D eigenvalue weighted by molar-refractivity contribution is 0.0996. The highest BCUT2D eigenvalue weighted by Gasteiger charge is 2.12. The number of pyridine rings is 1. The molecule has 2 rings (SSSR count). The van der Waals surface area contributed by atoms with Gasteiger partial charge in [0, 0.05) is 13.1 Å². The summed E-state index contributed by atoms with van der Waals surface area (Å²) in [6.07, 6.45) is 1.67. The summed E-state index contributed by atoms with van der Waals surface area (Å²) in [5.41, 5.74) is 5.52. The SMILES string of the molecule is CCOc1nc(Nc2ccnn2C)ccc1C(N)=O. The summed E-state index contributed by atoms with van der Waals surface area (Å²) in [4.78, 5) is 15.5. The average molecular weight is 261 g/mol. The molecular weight excluding hydrogens is 246 g/mol. The topological polar surface area (TPSA) is 95.1 Å². The number of aryl methyl sites for hydroxylation is 1. The van der Waals surface area contributed by atoms with Gasteiger partial charge in [-0.05, 0) is 19.1 Å². The minimum atomic E-state index is -0.567. The Labute approximate surface area is 110 Å². The first-order chi connectivity index (χ1) is 9.11. The van der Waals surface area contributed by atoms with E-state index >= 15 is 0 Å². The molecule has 7 nitrogen and oxygen atoms in total. The molecule has 1 amide bonds. The summed E-state index contributed by atoms with van der Waals surface area (Å²) in [7, 11) is 1.81. The summed E-state index contributed by atoms with van der Waals surface area (Å²) in [6.45, 7) is 2.22. The van der Waals surface area contributed by atoms with Crippen molar-refractivity contribution in [1.82, 2.24) is 14.8 Å². The fourth-order valence-corrected chi connectivity index (χ4v) is 1.57. The van der Waals surface area contributed by atoms with Gasteiger partial charge in [0.25, 0.3) is 5.91 Å². The van der Waals surface area contributed by atoms with E-state index in [9.17, 15) is 4.79 Å². The predicted octanol–water partition coefficient (Wildman–Crippen LogP) is 1.06. The normalized spacial score (nSPS) is 10.2. The van der Waals surface area contributed by atoms with Gasteiger partial charge in [-0.15, -0.1) is 0 Å². The number of rotatable bonds is 5. The van der Waals surface area contributed by atoms with Gasteiger partial charge in [-0.1, -0.05) is 0 Å². The number of nitrogens with one attached hydrogen (secondary N) is 1. The molecule has 0 unspecified atom stereocenters. The van der Waals surface area contributed by atoms with Crippen LogP contribution in [0.1, 0.15) is 17.3 Å². The number of anilines is 2. The van der Waals surface area contributed by atoms with Crippen molar-refractivity contribution >= 4 is 17.5 Å². The highest BCUT2D eigenvalue weighted by Crippen LogP contribution is 2.21. The van der Waals surface area contributed by atoms with Gasteiger partial charge in [0.15, 0.2) is 0 Å². The number of primary amides is 1. The molecule has 2 aromatic rings. The number of amides is 1. The zero-order chi connectivity index (χ0) is 13.8. The minimum Gasteiger partial charge on any atom is -0.477 e. The molecule has 0 aromatic carbocycles. The Bertz CT molecular complexity index is 594. The lowest BCUT2D eigenvalue weighted by Gasteiger charge is -2.10. The quantitative estimate of drug-likeness (QED) is 0.839. The van der Waals surface area contributed by atoms with E-state index in [0.29, 0.717) is 12.4 Å². The third-order valence-corrected chi connectivity index (χ3v) is 2.48. The van der Waals surface area contributed by atoms with Crippen LogP contribution in [-0.2, 0) is 7.05 Å². The second kappa shape index (κ2) is 5.38. The van der Waals surface area contributed by atoms with Gasteiger partial charge in [-0.3, -0.25) is 9.48 Å². The molecule has 2 heterocycles. The van der Waals surface area contributed by atoms with Crippen LogP contribution in [0.4, 0.5) is 11.6 Å². The summed E-state index contributed by atoms with van der Waals surface area (Å²) in [5.74, 6) is 0.990. The number of carbonyl (C=O) groups excluding carboxylic acids is 1. The molecule has 2 aromatic heterocycles. The zero-order valence-electron chi connectivity index (χ0n) is 10.8. The van der Waals surface area contributed by atoms with Crippen molar-refractivity contribution in [2.24, 2.45) is 12.8 Å². The summed E-state index contributed by atoms with van der Waals surface area (Å²) in [6, 6.07) is 5.05. The van der Waals surface area contributed by atoms with E-state index in [-0.39, 0.29) is 11.4 Å². The van der Waals surface area contributed by atoms with E-state index in [1.165, 1.54) is 0 Å². The molecule has 0 atom stereocenters. The molecule has 0 spiro atoms. The van der Waals surface area contributed by atoms with E-state index < -0.39 is 5.91 Å². The Morgan fingerprint density at radius 3 is 2.84 bits per heavy atom. The van der Waals surface area contributed by atoms with Crippen molar-refractivity contribution in [2.75, 3.05) is 11.9 Å². The lowest BCUT2D eigenvalue weighted by atomic mass is 10.2. The Morgan fingerprint density at radius 2 is 2.26 bits per heavy atom. The molecular formula is C12H15N5O2. The van der Waals surface area contributed by atoms with E-state index in [1.807, 2.05) is 20.0 Å². The van der Waals surface area contributed by atoms with Crippen LogP contribution in [0.25, 0.3) is 0 Å². The third kappa shape index (κ3) is 2.82. The predicted molar refractivity (Wildman–Crippen MR) is 70.4 cm³/mol. The van der Waals surface area contributed by atoms with Crippen molar-refractivity contribution in [3.63, 3.8) is 0 Å².